The predicted octanol–water partition coefficient (Wildman–Crippen LogP) is 0.735. The fourth-order valence-corrected chi connectivity index (χ4v) is 3.12. The van der Waals surface area contributed by atoms with Gasteiger partial charge < -0.3 is 14.7 Å². The lowest BCUT2D eigenvalue weighted by atomic mass is 10.00. The number of likely N-dealkylation sites (N-methyl/N-ethyl adjacent to an activating group) is 1. The van der Waals surface area contributed by atoms with Crippen LogP contribution in [-0.4, -0.2) is 66.3 Å². The van der Waals surface area contributed by atoms with Gasteiger partial charge in [-0.25, -0.2) is 0 Å². The topological polar surface area (TPSA) is 43.9 Å². The predicted molar refractivity (Wildman–Crippen MR) is 84.3 cm³/mol. The third-order valence-corrected chi connectivity index (χ3v) is 4.64. The standard InChI is InChI=1S/C17H23N3O2/c1-18-8-10-19(11-9-18)16(21)12-17(22)20-7-6-14-4-2-3-5-15(14)13-20/h2-5H,6-13H2,1H3. The SMILES string of the molecule is CN1CCN(C(=O)CC(=O)N2CCc3ccccc3C2)CC1. The smallest absolute Gasteiger partial charge is 0.232 e. The molecule has 0 N–H and O–H groups in total. The Hall–Kier alpha value is -1.88. The Labute approximate surface area is 131 Å². The summed E-state index contributed by atoms with van der Waals surface area (Å²) in [7, 11) is 2.05. The third kappa shape index (κ3) is 3.30. The zero-order valence-corrected chi connectivity index (χ0v) is 13.1. The summed E-state index contributed by atoms with van der Waals surface area (Å²) < 4.78 is 0. The average molecular weight is 301 g/mol. The Morgan fingerprint density at radius 1 is 0.909 bits per heavy atom. The van der Waals surface area contributed by atoms with E-state index >= 15 is 0 Å². The maximum Gasteiger partial charge on any atom is 0.232 e. The zero-order valence-electron chi connectivity index (χ0n) is 13.1. The van der Waals surface area contributed by atoms with E-state index < -0.39 is 0 Å². The molecular formula is C17H23N3O2. The van der Waals surface area contributed by atoms with E-state index in [4.69, 9.17) is 0 Å². The van der Waals surface area contributed by atoms with Gasteiger partial charge in [-0.05, 0) is 24.6 Å². The molecule has 0 aromatic heterocycles. The lowest BCUT2D eigenvalue weighted by Gasteiger charge is -2.33. The van der Waals surface area contributed by atoms with Crippen molar-refractivity contribution in [3.8, 4) is 0 Å². The Kier molecular flexibility index (Phi) is 4.43. The van der Waals surface area contributed by atoms with Crippen molar-refractivity contribution in [1.82, 2.24) is 14.7 Å². The number of fused-ring (bicyclic) bond motifs is 1. The number of benzene rings is 1. The largest absolute Gasteiger partial charge is 0.340 e. The Balaban J connectivity index is 1.55. The van der Waals surface area contributed by atoms with Crippen LogP contribution in [0.5, 0.6) is 0 Å². The normalized spacial score (nSPS) is 19.0. The number of carbonyl (C=O) groups excluding carboxylic acids is 2. The summed E-state index contributed by atoms with van der Waals surface area (Å²) in [5.74, 6) is -0.0737. The van der Waals surface area contributed by atoms with Gasteiger partial charge in [0, 0.05) is 39.3 Å². The van der Waals surface area contributed by atoms with Gasteiger partial charge in [-0.1, -0.05) is 24.3 Å². The monoisotopic (exact) mass is 301 g/mol. The van der Waals surface area contributed by atoms with Crippen LogP contribution < -0.4 is 0 Å². The fraction of sp³-hybridized carbons (Fsp3) is 0.529. The van der Waals surface area contributed by atoms with E-state index in [1.54, 1.807) is 0 Å². The van der Waals surface area contributed by atoms with Crippen LogP contribution >= 0.6 is 0 Å². The van der Waals surface area contributed by atoms with Crippen molar-refractivity contribution in [2.24, 2.45) is 0 Å². The summed E-state index contributed by atoms with van der Waals surface area (Å²) in [6.45, 7) is 4.57. The first-order chi connectivity index (χ1) is 10.6. The van der Waals surface area contributed by atoms with Crippen LogP contribution in [0.2, 0.25) is 0 Å². The minimum absolute atomic E-state index is 0.00583. The quantitative estimate of drug-likeness (QED) is 0.757. The van der Waals surface area contributed by atoms with E-state index in [2.05, 4.69) is 24.1 Å². The molecule has 2 amide bonds. The van der Waals surface area contributed by atoms with Gasteiger partial charge in [0.05, 0.1) is 0 Å². The van der Waals surface area contributed by atoms with Gasteiger partial charge in [-0.2, -0.15) is 0 Å². The highest BCUT2D eigenvalue weighted by atomic mass is 16.2. The van der Waals surface area contributed by atoms with Crippen LogP contribution in [-0.2, 0) is 22.6 Å². The van der Waals surface area contributed by atoms with Crippen molar-refractivity contribution >= 4 is 11.8 Å². The van der Waals surface area contributed by atoms with E-state index in [0.717, 1.165) is 32.6 Å². The number of amides is 2. The van der Waals surface area contributed by atoms with Gasteiger partial charge in [0.1, 0.15) is 6.42 Å². The van der Waals surface area contributed by atoms with Gasteiger partial charge >= 0.3 is 0 Å². The number of nitrogens with zero attached hydrogens (tertiary/aromatic N) is 3. The molecule has 1 aromatic carbocycles. The van der Waals surface area contributed by atoms with E-state index in [1.807, 2.05) is 21.9 Å². The van der Waals surface area contributed by atoms with Gasteiger partial charge in [0.2, 0.25) is 11.8 Å². The second-order valence-electron chi connectivity index (χ2n) is 6.19. The maximum absolute atomic E-state index is 12.4. The second-order valence-corrected chi connectivity index (χ2v) is 6.19. The van der Waals surface area contributed by atoms with Crippen LogP contribution in [0.1, 0.15) is 17.5 Å². The molecule has 1 fully saturated rings. The first-order valence-electron chi connectivity index (χ1n) is 7.94. The summed E-state index contributed by atoms with van der Waals surface area (Å²) in [4.78, 5) is 30.5. The van der Waals surface area contributed by atoms with E-state index in [-0.39, 0.29) is 18.2 Å². The lowest BCUT2D eigenvalue weighted by Crippen LogP contribution is -2.48. The lowest BCUT2D eigenvalue weighted by molar-refractivity contribution is -0.142. The highest BCUT2D eigenvalue weighted by Crippen LogP contribution is 2.19. The molecule has 0 radical (unpaired) electrons. The minimum Gasteiger partial charge on any atom is -0.340 e. The third-order valence-electron chi connectivity index (χ3n) is 4.64. The van der Waals surface area contributed by atoms with Crippen LogP contribution in [0.4, 0.5) is 0 Å². The average Bonchev–Trinajstić information content (AvgIpc) is 2.55. The van der Waals surface area contributed by atoms with Crippen molar-refractivity contribution < 1.29 is 9.59 Å². The molecule has 5 heteroatoms. The van der Waals surface area contributed by atoms with Crippen molar-refractivity contribution in [3.63, 3.8) is 0 Å². The van der Waals surface area contributed by atoms with E-state index in [9.17, 15) is 9.59 Å². The summed E-state index contributed by atoms with van der Waals surface area (Å²) in [6, 6.07) is 8.22. The van der Waals surface area contributed by atoms with Gasteiger partial charge in [-0.3, -0.25) is 9.59 Å². The first kappa shape index (κ1) is 15.0. The number of rotatable bonds is 2. The molecule has 0 aliphatic carbocycles. The van der Waals surface area contributed by atoms with Crippen molar-refractivity contribution in [2.75, 3.05) is 39.8 Å². The molecule has 0 bridgehead atoms. The molecule has 0 saturated carbocycles. The van der Waals surface area contributed by atoms with Crippen LogP contribution in [0, 0.1) is 0 Å². The number of carbonyl (C=O) groups is 2. The molecule has 0 spiro atoms. The molecule has 0 atom stereocenters. The zero-order chi connectivity index (χ0) is 15.5. The van der Waals surface area contributed by atoms with Crippen molar-refractivity contribution in [2.45, 2.75) is 19.4 Å². The second kappa shape index (κ2) is 6.48. The molecular weight excluding hydrogens is 278 g/mol. The molecule has 0 unspecified atom stereocenters. The molecule has 3 rings (SSSR count). The number of piperazine rings is 1. The number of hydrogen-bond donors (Lipinski definition) is 0. The van der Waals surface area contributed by atoms with Crippen LogP contribution in [0.25, 0.3) is 0 Å². The van der Waals surface area contributed by atoms with E-state index in [1.165, 1.54) is 11.1 Å². The summed E-state index contributed by atoms with van der Waals surface area (Å²) >= 11 is 0. The van der Waals surface area contributed by atoms with Crippen LogP contribution in [0.15, 0.2) is 24.3 Å². The molecule has 2 aliphatic rings. The Bertz CT molecular complexity index is 565. The Morgan fingerprint density at radius 3 is 2.27 bits per heavy atom. The molecule has 2 aliphatic heterocycles. The minimum atomic E-state index is -0.0431. The molecule has 2 heterocycles. The Morgan fingerprint density at radius 2 is 1.55 bits per heavy atom. The summed E-state index contributed by atoms with van der Waals surface area (Å²) in [5.41, 5.74) is 2.52. The summed E-state index contributed by atoms with van der Waals surface area (Å²) in [6.07, 6.45) is 0.885. The van der Waals surface area contributed by atoms with Crippen molar-refractivity contribution in [1.29, 1.82) is 0 Å². The highest BCUT2D eigenvalue weighted by Gasteiger charge is 2.25. The molecule has 118 valence electrons. The molecule has 5 nitrogen and oxygen atoms in total. The highest BCUT2D eigenvalue weighted by molar-refractivity contribution is 5.97. The van der Waals surface area contributed by atoms with Gasteiger partial charge in [0.15, 0.2) is 0 Å². The molecule has 1 saturated heterocycles. The van der Waals surface area contributed by atoms with Crippen LogP contribution in [0.3, 0.4) is 0 Å². The van der Waals surface area contributed by atoms with E-state index in [0.29, 0.717) is 13.1 Å². The first-order valence-corrected chi connectivity index (χ1v) is 7.94. The molecule has 1 aromatic rings. The number of hydrogen-bond acceptors (Lipinski definition) is 3. The fourth-order valence-electron chi connectivity index (χ4n) is 3.12. The van der Waals surface area contributed by atoms with Crippen molar-refractivity contribution in [3.05, 3.63) is 35.4 Å². The van der Waals surface area contributed by atoms with Gasteiger partial charge in [-0.15, -0.1) is 0 Å². The summed E-state index contributed by atoms with van der Waals surface area (Å²) in [5, 5.41) is 0. The van der Waals surface area contributed by atoms with Gasteiger partial charge in [0.25, 0.3) is 0 Å². The molecule has 22 heavy (non-hydrogen) atoms. The maximum atomic E-state index is 12.4.